The third kappa shape index (κ3) is 6.17. The summed E-state index contributed by atoms with van der Waals surface area (Å²) in [6.45, 7) is 7.45. The van der Waals surface area contributed by atoms with Gasteiger partial charge in [0.05, 0.1) is 17.8 Å². The Balaban J connectivity index is 0.00000312. The van der Waals surface area contributed by atoms with Gasteiger partial charge in [-0.1, -0.05) is 26.0 Å². The minimum Gasteiger partial charge on any atom is -0.324 e. The molecule has 1 saturated heterocycles. The Morgan fingerprint density at radius 1 is 1.36 bits per heavy atom. The van der Waals surface area contributed by atoms with Gasteiger partial charge in [-0.25, -0.2) is 0 Å². The van der Waals surface area contributed by atoms with Crippen molar-refractivity contribution in [3.63, 3.8) is 0 Å². The van der Waals surface area contributed by atoms with Crippen LogP contribution in [0.5, 0.6) is 0 Å². The lowest BCUT2D eigenvalue weighted by atomic mass is 9.89. The van der Waals surface area contributed by atoms with E-state index in [2.05, 4.69) is 17.6 Å². The van der Waals surface area contributed by atoms with Crippen LogP contribution in [0.3, 0.4) is 0 Å². The molecular formula is C17H25ClF3N3O. The summed E-state index contributed by atoms with van der Waals surface area (Å²) in [4.78, 5) is 14.2. The van der Waals surface area contributed by atoms with Crippen molar-refractivity contribution in [2.45, 2.75) is 26.4 Å². The first kappa shape index (κ1) is 21.7. The van der Waals surface area contributed by atoms with Gasteiger partial charge >= 0.3 is 6.18 Å². The Morgan fingerprint density at radius 3 is 2.60 bits per heavy atom. The fraction of sp³-hybridized carbons (Fsp3) is 0.588. The first-order valence-electron chi connectivity index (χ1n) is 8.13. The van der Waals surface area contributed by atoms with Crippen molar-refractivity contribution in [2.24, 2.45) is 5.41 Å². The Hall–Kier alpha value is -1.31. The van der Waals surface area contributed by atoms with E-state index in [0.717, 1.165) is 32.1 Å². The molecule has 1 unspecified atom stereocenters. The van der Waals surface area contributed by atoms with Crippen molar-refractivity contribution < 1.29 is 18.0 Å². The smallest absolute Gasteiger partial charge is 0.324 e. The number of likely N-dealkylation sites (N-methyl/N-ethyl adjacent to an activating group) is 1. The van der Waals surface area contributed by atoms with Gasteiger partial charge in [0.15, 0.2) is 0 Å². The van der Waals surface area contributed by atoms with E-state index in [1.807, 2.05) is 11.8 Å². The van der Waals surface area contributed by atoms with Gasteiger partial charge in [-0.15, -0.1) is 12.4 Å². The number of rotatable bonds is 6. The van der Waals surface area contributed by atoms with Crippen molar-refractivity contribution in [3.8, 4) is 0 Å². The minimum atomic E-state index is -4.49. The number of amides is 1. The Labute approximate surface area is 152 Å². The van der Waals surface area contributed by atoms with Crippen molar-refractivity contribution in [2.75, 3.05) is 38.0 Å². The molecule has 1 amide bonds. The highest BCUT2D eigenvalue weighted by Gasteiger charge is 2.34. The Kier molecular flexibility index (Phi) is 7.71. The van der Waals surface area contributed by atoms with E-state index < -0.39 is 17.6 Å². The van der Waals surface area contributed by atoms with Crippen LogP contribution in [0.4, 0.5) is 18.9 Å². The van der Waals surface area contributed by atoms with Gasteiger partial charge < -0.3 is 10.6 Å². The molecule has 1 heterocycles. The number of carbonyl (C=O) groups is 1. The summed E-state index contributed by atoms with van der Waals surface area (Å²) in [5.74, 6) is -0.428. The molecule has 8 heteroatoms. The summed E-state index contributed by atoms with van der Waals surface area (Å²) in [6.07, 6.45) is -3.46. The molecule has 0 radical (unpaired) electrons. The second kappa shape index (κ2) is 8.87. The maximum Gasteiger partial charge on any atom is 0.418 e. The molecule has 0 saturated carbocycles. The molecule has 0 bridgehead atoms. The fourth-order valence-corrected chi connectivity index (χ4v) is 3.06. The van der Waals surface area contributed by atoms with E-state index >= 15 is 0 Å². The second-order valence-corrected chi connectivity index (χ2v) is 6.63. The maximum atomic E-state index is 13.0. The zero-order chi connectivity index (χ0) is 17.8. The normalized spacial score (nSPS) is 20.4. The van der Waals surface area contributed by atoms with Crippen LogP contribution in [0, 0.1) is 5.41 Å². The third-order valence-electron chi connectivity index (χ3n) is 4.38. The maximum absolute atomic E-state index is 13.0. The number of para-hydroxylation sites is 1. The third-order valence-corrected chi connectivity index (χ3v) is 4.38. The fourth-order valence-electron chi connectivity index (χ4n) is 3.06. The molecule has 1 aromatic carbocycles. The van der Waals surface area contributed by atoms with Crippen LogP contribution in [0.25, 0.3) is 0 Å². The molecule has 1 aliphatic rings. The van der Waals surface area contributed by atoms with Crippen LogP contribution in [0.2, 0.25) is 0 Å². The van der Waals surface area contributed by atoms with Crippen LogP contribution in [0.15, 0.2) is 24.3 Å². The van der Waals surface area contributed by atoms with E-state index in [1.54, 1.807) is 0 Å². The largest absolute Gasteiger partial charge is 0.418 e. The first-order valence-corrected chi connectivity index (χ1v) is 8.13. The number of benzene rings is 1. The highest BCUT2D eigenvalue weighted by Crippen LogP contribution is 2.34. The SMILES string of the molecule is CCN(CC(=O)Nc1ccccc1C(F)(F)F)CC1(C)CCNC1.Cl. The number of halogens is 4. The van der Waals surface area contributed by atoms with E-state index in [9.17, 15) is 18.0 Å². The highest BCUT2D eigenvalue weighted by atomic mass is 35.5. The number of anilines is 1. The summed E-state index contributed by atoms with van der Waals surface area (Å²) >= 11 is 0. The second-order valence-electron chi connectivity index (χ2n) is 6.63. The summed E-state index contributed by atoms with van der Waals surface area (Å²) in [6, 6.07) is 5.04. The zero-order valence-corrected chi connectivity index (χ0v) is 15.3. The minimum absolute atomic E-state index is 0. The molecule has 1 aromatic rings. The number of nitrogens with one attached hydrogen (secondary N) is 2. The molecule has 1 atom stereocenters. The van der Waals surface area contributed by atoms with Gasteiger partial charge in [-0.2, -0.15) is 13.2 Å². The number of nitrogens with zero attached hydrogens (tertiary/aromatic N) is 1. The van der Waals surface area contributed by atoms with Gasteiger partial charge in [-0.3, -0.25) is 9.69 Å². The van der Waals surface area contributed by atoms with Crippen LogP contribution >= 0.6 is 12.4 Å². The predicted molar refractivity (Wildman–Crippen MR) is 95.0 cm³/mol. The van der Waals surface area contributed by atoms with Gasteiger partial charge in [0.25, 0.3) is 0 Å². The molecular weight excluding hydrogens is 355 g/mol. The van der Waals surface area contributed by atoms with Crippen molar-refractivity contribution in [3.05, 3.63) is 29.8 Å². The molecule has 0 aliphatic carbocycles. The van der Waals surface area contributed by atoms with E-state index in [4.69, 9.17) is 0 Å². The van der Waals surface area contributed by atoms with Gasteiger partial charge in [-0.05, 0) is 37.1 Å². The van der Waals surface area contributed by atoms with Crippen LogP contribution in [-0.4, -0.2) is 43.5 Å². The first-order chi connectivity index (χ1) is 11.2. The monoisotopic (exact) mass is 379 g/mol. The number of alkyl halides is 3. The Bertz CT molecular complexity index is 575. The van der Waals surface area contributed by atoms with Crippen LogP contribution in [-0.2, 0) is 11.0 Å². The predicted octanol–water partition coefficient (Wildman–Crippen LogP) is 3.39. The molecule has 142 valence electrons. The molecule has 1 fully saturated rings. The van der Waals surface area contributed by atoms with Gasteiger partial charge in [0, 0.05) is 13.1 Å². The average Bonchev–Trinajstić information content (AvgIpc) is 2.92. The van der Waals surface area contributed by atoms with Crippen molar-refractivity contribution >= 4 is 24.0 Å². The Morgan fingerprint density at radius 2 is 2.04 bits per heavy atom. The number of hydrogen-bond donors (Lipinski definition) is 2. The average molecular weight is 380 g/mol. The molecule has 25 heavy (non-hydrogen) atoms. The molecule has 4 nitrogen and oxygen atoms in total. The number of carbonyl (C=O) groups excluding carboxylic acids is 1. The van der Waals surface area contributed by atoms with Gasteiger partial charge in [0.1, 0.15) is 0 Å². The van der Waals surface area contributed by atoms with Crippen LogP contribution in [0.1, 0.15) is 25.8 Å². The van der Waals surface area contributed by atoms with E-state index in [1.165, 1.54) is 18.2 Å². The summed E-state index contributed by atoms with van der Waals surface area (Å²) < 4.78 is 38.9. The summed E-state index contributed by atoms with van der Waals surface area (Å²) in [5.41, 5.74) is -0.923. The van der Waals surface area contributed by atoms with Crippen molar-refractivity contribution in [1.29, 1.82) is 0 Å². The van der Waals surface area contributed by atoms with Crippen molar-refractivity contribution in [1.82, 2.24) is 10.2 Å². The topological polar surface area (TPSA) is 44.4 Å². The lowest BCUT2D eigenvalue weighted by Gasteiger charge is -2.30. The summed E-state index contributed by atoms with van der Waals surface area (Å²) in [5, 5.41) is 5.71. The van der Waals surface area contributed by atoms with Crippen LogP contribution < -0.4 is 10.6 Å². The molecule has 1 aliphatic heterocycles. The van der Waals surface area contributed by atoms with E-state index in [-0.39, 0.29) is 30.1 Å². The standard InChI is InChI=1S/C17H24F3N3O.ClH/c1-3-23(12-16(2)8-9-21-11-16)10-15(24)22-14-7-5-4-6-13(14)17(18,19)20;/h4-7,21H,3,8-12H2,1-2H3,(H,22,24);1H. The quantitative estimate of drug-likeness (QED) is 0.796. The lowest BCUT2D eigenvalue weighted by molar-refractivity contribution is -0.137. The summed E-state index contributed by atoms with van der Waals surface area (Å²) in [7, 11) is 0. The van der Waals surface area contributed by atoms with E-state index in [0.29, 0.717) is 6.54 Å². The number of hydrogen-bond acceptors (Lipinski definition) is 3. The zero-order valence-electron chi connectivity index (χ0n) is 14.4. The molecule has 2 rings (SSSR count). The molecule has 0 spiro atoms. The molecule has 0 aromatic heterocycles. The molecule has 2 N–H and O–H groups in total. The highest BCUT2D eigenvalue weighted by molar-refractivity contribution is 5.93. The van der Waals surface area contributed by atoms with Gasteiger partial charge in [0.2, 0.25) is 5.91 Å². The lowest BCUT2D eigenvalue weighted by Crippen LogP contribution is -2.41.